The van der Waals surface area contributed by atoms with Crippen LogP contribution in [0.2, 0.25) is 0 Å². The van der Waals surface area contributed by atoms with Crippen molar-refractivity contribution in [1.29, 1.82) is 0 Å². The fourth-order valence-corrected chi connectivity index (χ4v) is 3.73. The third-order valence-corrected chi connectivity index (χ3v) is 4.97. The minimum absolute atomic E-state index is 0.00935. The van der Waals surface area contributed by atoms with E-state index in [9.17, 15) is 4.79 Å². The number of benzene rings is 1. The molecule has 5 heteroatoms. The van der Waals surface area contributed by atoms with Gasteiger partial charge in [0.1, 0.15) is 11.9 Å². The van der Waals surface area contributed by atoms with Gasteiger partial charge in [0.05, 0.1) is 0 Å². The summed E-state index contributed by atoms with van der Waals surface area (Å²) in [6, 6.07) is 13.6. The maximum atomic E-state index is 13.0. The number of aryl methyl sites for hydroxylation is 1. The Balaban J connectivity index is 1.85. The average Bonchev–Trinajstić information content (AvgIpc) is 2.59. The molecule has 1 fully saturated rings. The number of hydrogen-bond acceptors (Lipinski definition) is 4. The highest BCUT2D eigenvalue weighted by Crippen LogP contribution is 2.26. The van der Waals surface area contributed by atoms with E-state index in [0.717, 1.165) is 35.7 Å². The number of pyridine rings is 1. The number of rotatable bonds is 4. The number of carbonyl (C=O) groups excluding carboxylic acids is 1. The van der Waals surface area contributed by atoms with Crippen LogP contribution in [0, 0.1) is 6.92 Å². The number of nitrogens with zero attached hydrogens (tertiary/aromatic N) is 2. The lowest BCUT2D eigenvalue weighted by Crippen LogP contribution is -2.42. The first kappa shape index (κ1) is 16.0. The Morgan fingerprint density at radius 1 is 1.17 bits per heavy atom. The van der Waals surface area contributed by atoms with Crippen molar-refractivity contribution in [3.05, 3.63) is 59.8 Å². The van der Waals surface area contributed by atoms with Gasteiger partial charge in [0, 0.05) is 30.8 Å². The van der Waals surface area contributed by atoms with Gasteiger partial charge in [0.25, 0.3) is 0 Å². The predicted molar refractivity (Wildman–Crippen MR) is 95.7 cm³/mol. The molecule has 0 bridgehead atoms. The van der Waals surface area contributed by atoms with Crippen molar-refractivity contribution >= 4 is 23.5 Å². The number of nitrogens with one attached hydrogen (secondary N) is 1. The summed E-state index contributed by atoms with van der Waals surface area (Å²) in [4.78, 5) is 19.5. The van der Waals surface area contributed by atoms with Crippen molar-refractivity contribution in [1.82, 2.24) is 9.88 Å². The van der Waals surface area contributed by atoms with Crippen LogP contribution in [0.4, 0.5) is 5.82 Å². The smallest absolute Gasteiger partial charge is 0.247 e. The van der Waals surface area contributed by atoms with E-state index in [1.807, 2.05) is 61.2 Å². The van der Waals surface area contributed by atoms with Crippen molar-refractivity contribution in [2.75, 3.05) is 29.9 Å². The summed E-state index contributed by atoms with van der Waals surface area (Å²) in [5.74, 6) is 2.77. The molecule has 23 heavy (non-hydrogen) atoms. The molecule has 0 radical (unpaired) electrons. The highest BCUT2D eigenvalue weighted by atomic mass is 32.2. The first-order valence-corrected chi connectivity index (χ1v) is 9.00. The molecule has 1 aliphatic rings. The Morgan fingerprint density at radius 3 is 2.61 bits per heavy atom. The molecule has 2 aromatic rings. The molecular formula is C18H21N3OS. The van der Waals surface area contributed by atoms with Crippen LogP contribution in [0.15, 0.2) is 48.7 Å². The van der Waals surface area contributed by atoms with Gasteiger partial charge in [-0.05, 0) is 24.1 Å². The van der Waals surface area contributed by atoms with Crippen molar-refractivity contribution < 1.29 is 4.79 Å². The first-order valence-electron chi connectivity index (χ1n) is 7.85. The fraction of sp³-hybridized carbons (Fsp3) is 0.333. The van der Waals surface area contributed by atoms with Crippen LogP contribution in [0.25, 0.3) is 0 Å². The molecule has 1 N–H and O–H groups in total. The van der Waals surface area contributed by atoms with Gasteiger partial charge in [-0.1, -0.05) is 36.4 Å². The van der Waals surface area contributed by atoms with Crippen molar-refractivity contribution in [3.63, 3.8) is 0 Å². The second kappa shape index (κ2) is 7.62. The van der Waals surface area contributed by atoms with E-state index in [0.29, 0.717) is 5.82 Å². The number of aromatic nitrogens is 1. The summed E-state index contributed by atoms with van der Waals surface area (Å²) in [7, 11) is 0. The predicted octanol–water partition coefficient (Wildman–Crippen LogP) is 3.12. The van der Waals surface area contributed by atoms with E-state index in [-0.39, 0.29) is 11.9 Å². The zero-order valence-corrected chi connectivity index (χ0v) is 14.1. The molecule has 0 aliphatic carbocycles. The molecule has 1 aliphatic heterocycles. The van der Waals surface area contributed by atoms with Gasteiger partial charge in [-0.2, -0.15) is 11.8 Å². The molecule has 1 atom stereocenters. The molecular weight excluding hydrogens is 306 g/mol. The van der Waals surface area contributed by atoms with Crippen molar-refractivity contribution in [3.8, 4) is 0 Å². The number of carbonyl (C=O) groups is 1. The minimum atomic E-state index is -0.265. The van der Waals surface area contributed by atoms with Crippen molar-refractivity contribution in [2.24, 2.45) is 0 Å². The van der Waals surface area contributed by atoms with E-state index in [2.05, 4.69) is 15.2 Å². The van der Waals surface area contributed by atoms with Crippen LogP contribution in [0.5, 0.6) is 0 Å². The van der Waals surface area contributed by atoms with Gasteiger partial charge < -0.3 is 5.32 Å². The lowest BCUT2D eigenvalue weighted by atomic mass is 10.0. The third-order valence-electron chi connectivity index (χ3n) is 4.03. The van der Waals surface area contributed by atoms with E-state index < -0.39 is 0 Å². The molecule has 1 aromatic carbocycles. The molecule has 0 saturated carbocycles. The lowest BCUT2D eigenvalue weighted by molar-refractivity contribution is -0.121. The molecule has 4 nitrogen and oxygen atoms in total. The number of anilines is 1. The Hall–Kier alpha value is -1.85. The highest BCUT2D eigenvalue weighted by molar-refractivity contribution is 7.99. The second-order valence-corrected chi connectivity index (χ2v) is 6.84. The first-order chi connectivity index (χ1) is 11.3. The third kappa shape index (κ3) is 3.92. The standard InChI is InChI=1S/C18H21N3OS/c1-14-6-5-9-19-17(14)20-18(22)16(15-7-3-2-4-8-15)21-10-12-23-13-11-21/h2-9,16H,10-13H2,1H3,(H,19,20,22)/t16-/m1/s1. The van der Waals surface area contributed by atoms with Gasteiger partial charge in [-0.25, -0.2) is 4.98 Å². The Morgan fingerprint density at radius 2 is 1.91 bits per heavy atom. The lowest BCUT2D eigenvalue weighted by Gasteiger charge is -2.33. The van der Waals surface area contributed by atoms with Gasteiger partial charge >= 0.3 is 0 Å². The zero-order chi connectivity index (χ0) is 16.1. The quantitative estimate of drug-likeness (QED) is 0.937. The van der Waals surface area contributed by atoms with Gasteiger partial charge in [-0.3, -0.25) is 9.69 Å². The van der Waals surface area contributed by atoms with Crippen molar-refractivity contribution in [2.45, 2.75) is 13.0 Å². The maximum Gasteiger partial charge on any atom is 0.247 e. The average molecular weight is 327 g/mol. The minimum Gasteiger partial charge on any atom is -0.309 e. The number of amides is 1. The summed E-state index contributed by atoms with van der Waals surface area (Å²) in [6.45, 7) is 3.81. The van der Waals surface area contributed by atoms with Crippen LogP contribution in [-0.4, -0.2) is 40.4 Å². The number of thioether (sulfide) groups is 1. The van der Waals surface area contributed by atoms with Crippen LogP contribution in [0.1, 0.15) is 17.2 Å². The topological polar surface area (TPSA) is 45.2 Å². The van der Waals surface area contributed by atoms with Crippen LogP contribution < -0.4 is 5.32 Å². The molecule has 2 heterocycles. The van der Waals surface area contributed by atoms with Gasteiger partial charge in [0.15, 0.2) is 0 Å². The van der Waals surface area contributed by atoms with E-state index >= 15 is 0 Å². The Bertz CT molecular complexity index is 656. The van der Waals surface area contributed by atoms with E-state index in [1.165, 1.54) is 0 Å². The summed E-state index contributed by atoms with van der Waals surface area (Å²) in [6.07, 6.45) is 1.71. The van der Waals surface area contributed by atoms with Crippen LogP contribution >= 0.6 is 11.8 Å². The largest absolute Gasteiger partial charge is 0.309 e. The molecule has 120 valence electrons. The number of hydrogen-bond donors (Lipinski definition) is 1. The fourth-order valence-electron chi connectivity index (χ4n) is 2.80. The summed E-state index contributed by atoms with van der Waals surface area (Å²) in [5.41, 5.74) is 2.01. The molecule has 1 aromatic heterocycles. The molecule has 3 rings (SSSR count). The molecule has 1 saturated heterocycles. The molecule has 1 amide bonds. The SMILES string of the molecule is Cc1cccnc1NC(=O)[C@@H](c1ccccc1)N1CCSCC1. The Labute approximate surface area is 141 Å². The van der Waals surface area contributed by atoms with Crippen LogP contribution in [-0.2, 0) is 4.79 Å². The monoisotopic (exact) mass is 327 g/mol. The summed E-state index contributed by atoms with van der Waals surface area (Å²) < 4.78 is 0. The molecule has 0 spiro atoms. The molecule has 0 unspecified atom stereocenters. The summed E-state index contributed by atoms with van der Waals surface area (Å²) >= 11 is 1.94. The van der Waals surface area contributed by atoms with Crippen LogP contribution in [0.3, 0.4) is 0 Å². The van der Waals surface area contributed by atoms with Gasteiger partial charge in [0.2, 0.25) is 5.91 Å². The van der Waals surface area contributed by atoms with E-state index in [4.69, 9.17) is 0 Å². The van der Waals surface area contributed by atoms with E-state index in [1.54, 1.807) is 6.20 Å². The Kier molecular flexibility index (Phi) is 5.31. The second-order valence-electron chi connectivity index (χ2n) is 5.62. The normalized spacial score (nSPS) is 16.7. The van der Waals surface area contributed by atoms with Gasteiger partial charge in [-0.15, -0.1) is 0 Å². The summed E-state index contributed by atoms with van der Waals surface area (Å²) in [5, 5.41) is 3.01. The maximum absolute atomic E-state index is 13.0. The zero-order valence-electron chi connectivity index (χ0n) is 13.2. The highest BCUT2D eigenvalue weighted by Gasteiger charge is 2.29.